The number of phenolic OH excluding ortho intramolecular Hbond substituents is 1. The van der Waals surface area contributed by atoms with E-state index in [1.54, 1.807) is 6.20 Å². The maximum absolute atomic E-state index is 10.1. The van der Waals surface area contributed by atoms with E-state index in [2.05, 4.69) is 26.1 Å². The van der Waals surface area contributed by atoms with Crippen LogP contribution >= 0.6 is 15.9 Å². The van der Waals surface area contributed by atoms with E-state index in [0.717, 1.165) is 16.5 Å². The molecule has 2 rings (SSSR count). The van der Waals surface area contributed by atoms with Crippen molar-refractivity contribution in [3.05, 3.63) is 28.4 Å². The van der Waals surface area contributed by atoms with E-state index >= 15 is 0 Å². The third-order valence-corrected chi connectivity index (χ3v) is 2.95. The average molecular weight is 282 g/mol. The molecule has 0 bridgehead atoms. The molecule has 0 unspecified atom stereocenters. The van der Waals surface area contributed by atoms with Crippen LogP contribution in [0.1, 0.15) is 12.5 Å². The molecule has 0 aliphatic carbocycles. The quantitative estimate of drug-likeness (QED) is 0.792. The number of aromatic hydroxyl groups is 1. The Morgan fingerprint density at radius 1 is 1.44 bits per heavy atom. The first kappa shape index (κ1) is 11.0. The second kappa shape index (κ2) is 4.17. The molecule has 0 spiro atoms. The van der Waals surface area contributed by atoms with Gasteiger partial charge in [-0.2, -0.15) is 5.10 Å². The molecular formula is C11H12BrN3O. The molecule has 0 aliphatic heterocycles. The van der Waals surface area contributed by atoms with Crippen molar-refractivity contribution in [3.8, 4) is 16.9 Å². The summed E-state index contributed by atoms with van der Waals surface area (Å²) in [6.07, 6.45) is 2.37. The monoisotopic (exact) mass is 281 g/mol. The van der Waals surface area contributed by atoms with Crippen molar-refractivity contribution in [1.82, 2.24) is 10.2 Å². The number of nitrogen functional groups attached to an aromatic ring is 1. The maximum atomic E-state index is 10.1. The number of aromatic nitrogens is 2. The fourth-order valence-electron chi connectivity index (χ4n) is 1.64. The number of halogens is 1. The van der Waals surface area contributed by atoms with E-state index in [1.165, 1.54) is 0 Å². The van der Waals surface area contributed by atoms with E-state index in [0.29, 0.717) is 16.9 Å². The molecular weight excluding hydrogens is 270 g/mol. The predicted molar refractivity (Wildman–Crippen MR) is 67.2 cm³/mol. The van der Waals surface area contributed by atoms with Crippen molar-refractivity contribution in [2.75, 3.05) is 5.73 Å². The molecule has 1 aromatic heterocycles. The number of benzene rings is 1. The van der Waals surface area contributed by atoms with Gasteiger partial charge in [-0.05, 0) is 24.1 Å². The maximum Gasteiger partial charge on any atom is 0.126 e. The third-order valence-electron chi connectivity index (χ3n) is 2.49. The van der Waals surface area contributed by atoms with E-state index in [1.807, 2.05) is 19.1 Å². The summed E-state index contributed by atoms with van der Waals surface area (Å²) in [7, 11) is 0. The molecule has 84 valence electrons. The summed E-state index contributed by atoms with van der Waals surface area (Å²) in [5.41, 5.74) is 8.03. The number of H-pyrrole nitrogens is 1. The Morgan fingerprint density at radius 2 is 2.19 bits per heavy atom. The van der Waals surface area contributed by atoms with Crippen LogP contribution in [0.2, 0.25) is 0 Å². The van der Waals surface area contributed by atoms with Gasteiger partial charge < -0.3 is 10.8 Å². The number of nitrogens with zero attached hydrogens (tertiary/aromatic N) is 1. The predicted octanol–water partition coefficient (Wildman–Crippen LogP) is 2.69. The molecule has 0 atom stereocenters. The highest BCUT2D eigenvalue weighted by molar-refractivity contribution is 9.10. The molecule has 1 heterocycles. The van der Waals surface area contributed by atoms with Crippen LogP contribution in [0.15, 0.2) is 22.8 Å². The highest BCUT2D eigenvalue weighted by atomic mass is 79.9. The Kier molecular flexibility index (Phi) is 2.87. The summed E-state index contributed by atoms with van der Waals surface area (Å²) >= 11 is 3.42. The van der Waals surface area contributed by atoms with Crippen molar-refractivity contribution in [1.29, 1.82) is 0 Å². The van der Waals surface area contributed by atoms with Gasteiger partial charge in [-0.25, -0.2) is 0 Å². The zero-order valence-corrected chi connectivity index (χ0v) is 10.4. The van der Waals surface area contributed by atoms with Gasteiger partial charge in [0.05, 0.1) is 6.20 Å². The van der Waals surface area contributed by atoms with Gasteiger partial charge in [-0.1, -0.05) is 22.9 Å². The first-order valence-corrected chi connectivity index (χ1v) is 5.73. The second-order valence-electron chi connectivity index (χ2n) is 3.51. The molecule has 0 amide bonds. The molecule has 5 heteroatoms. The number of phenols is 1. The number of rotatable bonds is 2. The fraction of sp³-hybridized carbons (Fsp3) is 0.182. The average Bonchev–Trinajstić information content (AvgIpc) is 2.67. The van der Waals surface area contributed by atoms with Crippen LogP contribution in [-0.4, -0.2) is 15.3 Å². The third kappa shape index (κ3) is 1.78. The van der Waals surface area contributed by atoms with E-state index in [9.17, 15) is 5.11 Å². The number of nitrogens with two attached hydrogens (primary N) is 1. The molecule has 0 fully saturated rings. The van der Waals surface area contributed by atoms with Crippen LogP contribution in [0.3, 0.4) is 0 Å². The standard InChI is InChI=1S/C11H12BrN3O/c1-2-6-3-7(12)4-8(10(6)16)9-5-14-15-11(9)13/h3-5,16H,2H2,1H3,(H3,13,14,15). The Balaban J connectivity index is 2.65. The van der Waals surface area contributed by atoms with E-state index in [-0.39, 0.29) is 5.75 Å². The van der Waals surface area contributed by atoms with Crippen molar-refractivity contribution in [2.24, 2.45) is 0 Å². The van der Waals surface area contributed by atoms with Crippen LogP contribution in [0.4, 0.5) is 5.82 Å². The SMILES string of the molecule is CCc1cc(Br)cc(-c2cn[nH]c2N)c1O. The number of aromatic amines is 1. The van der Waals surface area contributed by atoms with Gasteiger partial charge in [0.25, 0.3) is 0 Å². The summed E-state index contributed by atoms with van der Waals surface area (Å²) in [5.74, 6) is 0.717. The molecule has 16 heavy (non-hydrogen) atoms. The Bertz CT molecular complexity index is 522. The minimum atomic E-state index is 0.263. The van der Waals surface area contributed by atoms with Crippen LogP contribution < -0.4 is 5.73 Å². The lowest BCUT2D eigenvalue weighted by atomic mass is 10.0. The van der Waals surface area contributed by atoms with Gasteiger partial charge in [0.15, 0.2) is 0 Å². The number of nitrogens with one attached hydrogen (secondary N) is 1. The summed E-state index contributed by atoms with van der Waals surface area (Å²) < 4.78 is 0.915. The highest BCUT2D eigenvalue weighted by Crippen LogP contribution is 2.37. The van der Waals surface area contributed by atoms with Crippen LogP contribution in [0.25, 0.3) is 11.1 Å². The lowest BCUT2D eigenvalue weighted by Crippen LogP contribution is -1.90. The van der Waals surface area contributed by atoms with Gasteiger partial charge in [0, 0.05) is 15.6 Å². The van der Waals surface area contributed by atoms with Gasteiger partial charge in [-0.15, -0.1) is 0 Å². The Labute approximate surface area is 102 Å². The lowest BCUT2D eigenvalue weighted by molar-refractivity contribution is 0.471. The van der Waals surface area contributed by atoms with Crippen LogP contribution in [-0.2, 0) is 6.42 Å². The zero-order chi connectivity index (χ0) is 11.7. The van der Waals surface area contributed by atoms with Crippen LogP contribution in [0.5, 0.6) is 5.75 Å². The zero-order valence-electron chi connectivity index (χ0n) is 8.79. The summed E-state index contributed by atoms with van der Waals surface area (Å²) in [6, 6.07) is 3.73. The normalized spacial score (nSPS) is 10.6. The van der Waals surface area contributed by atoms with E-state index < -0.39 is 0 Å². The van der Waals surface area contributed by atoms with Crippen molar-refractivity contribution >= 4 is 21.7 Å². The van der Waals surface area contributed by atoms with Gasteiger partial charge in [0.1, 0.15) is 11.6 Å². The molecule has 0 aliphatic rings. The minimum absolute atomic E-state index is 0.263. The molecule has 4 nitrogen and oxygen atoms in total. The number of hydrogen-bond acceptors (Lipinski definition) is 3. The van der Waals surface area contributed by atoms with E-state index in [4.69, 9.17) is 5.73 Å². The largest absolute Gasteiger partial charge is 0.507 e. The van der Waals surface area contributed by atoms with Gasteiger partial charge in [0.2, 0.25) is 0 Å². The Morgan fingerprint density at radius 3 is 2.75 bits per heavy atom. The lowest BCUT2D eigenvalue weighted by Gasteiger charge is -2.09. The molecule has 0 saturated carbocycles. The molecule has 0 radical (unpaired) electrons. The van der Waals surface area contributed by atoms with Gasteiger partial charge >= 0.3 is 0 Å². The molecule has 1 aromatic carbocycles. The first-order valence-electron chi connectivity index (χ1n) is 4.94. The van der Waals surface area contributed by atoms with Crippen molar-refractivity contribution in [2.45, 2.75) is 13.3 Å². The summed E-state index contributed by atoms with van der Waals surface area (Å²) in [6.45, 7) is 1.99. The van der Waals surface area contributed by atoms with Crippen molar-refractivity contribution in [3.63, 3.8) is 0 Å². The number of anilines is 1. The van der Waals surface area contributed by atoms with Gasteiger partial charge in [-0.3, -0.25) is 5.10 Å². The van der Waals surface area contributed by atoms with Crippen molar-refractivity contribution < 1.29 is 5.11 Å². The second-order valence-corrected chi connectivity index (χ2v) is 4.43. The number of aryl methyl sites for hydroxylation is 1. The summed E-state index contributed by atoms with van der Waals surface area (Å²) in [5, 5.41) is 16.6. The molecule has 0 saturated heterocycles. The Hall–Kier alpha value is -1.49. The minimum Gasteiger partial charge on any atom is -0.507 e. The topological polar surface area (TPSA) is 74.9 Å². The first-order chi connectivity index (χ1) is 7.63. The number of hydrogen-bond donors (Lipinski definition) is 3. The molecule has 2 aromatic rings. The molecule has 4 N–H and O–H groups in total. The highest BCUT2D eigenvalue weighted by Gasteiger charge is 2.13. The van der Waals surface area contributed by atoms with Crippen LogP contribution in [0, 0.1) is 0 Å². The fourth-order valence-corrected chi connectivity index (χ4v) is 2.15. The smallest absolute Gasteiger partial charge is 0.126 e. The summed E-state index contributed by atoms with van der Waals surface area (Å²) in [4.78, 5) is 0.